The first-order valence-corrected chi connectivity index (χ1v) is 26.4. The van der Waals surface area contributed by atoms with Crippen LogP contribution in [-0.4, -0.2) is 17.5 Å². The van der Waals surface area contributed by atoms with E-state index in [2.05, 4.69) is 55.8 Å². The quantitative estimate of drug-likeness (QED) is 0.0485. The number of rotatable bonds is 19. The Balaban J connectivity index is 1.56. The number of nitriles is 2. The fourth-order valence-electron chi connectivity index (χ4n) is 9.79. The van der Waals surface area contributed by atoms with Gasteiger partial charge in [-0.3, -0.25) is 9.59 Å². The van der Waals surface area contributed by atoms with Crippen LogP contribution >= 0.6 is 0 Å². The molecule has 0 aliphatic heterocycles. The molecule has 5 aromatic rings. The Morgan fingerprint density at radius 3 is 1.59 bits per heavy atom. The molecule has 10 nitrogen and oxygen atoms in total. The Morgan fingerprint density at radius 1 is 0.658 bits per heavy atom. The van der Waals surface area contributed by atoms with Gasteiger partial charge in [-0.15, -0.1) is 0 Å². The fourth-order valence-corrected chi connectivity index (χ4v) is 9.79. The molecule has 0 bridgehead atoms. The van der Waals surface area contributed by atoms with Crippen LogP contribution in [-0.2, 0) is 9.59 Å². The minimum absolute atomic E-state index is 0.191. The molecule has 2 unspecified atom stereocenters. The van der Waals surface area contributed by atoms with Gasteiger partial charge in [0.1, 0.15) is 0 Å². The highest BCUT2D eigenvalue weighted by atomic mass is 16.2. The van der Waals surface area contributed by atoms with Gasteiger partial charge in [-0.05, 0) is 89.8 Å². The van der Waals surface area contributed by atoms with Gasteiger partial charge in [0, 0.05) is 76.7 Å². The summed E-state index contributed by atoms with van der Waals surface area (Å²) in [5, 5.41) is 28.4. The SMILES string of the molecule is [C-]#[N+]C(C#N)=C1C(=C2C=CC(=[N+](c3ccc(C)cc3)c3ccc(C)cc3)C=C2NC(=O)C(CC)CCCC)C([C-](C#N)[N+]#[C-])=C1c1ccc(N(c2ccc(C)cc2)c2ccc(C)cc2)cc1NC(=O)C(CC)CCCC. The molecule has 0 saturated carbocycles. The molecule has 382 valence electrons. The van der Waals surface area contributed by atoms with Gasteiger partial charge in [-0.1, -0.05) is 147 Å². The van der Waals surface area contributed by atoms with Crippen LogP contribution < -0.4 is 20.1 Å². The van der Waals surface area contributed by atoms with E-state index in [1.807, 2.05) is 175 Å². The second-order valence-electron chi connectivity index (χ2n) is 19.6. The highest BCUT2D eigenvalue weighted by Gasteiger charge is 2.33. The van der Waals surface area contributed by atoms with Crippen LogP contribution in [0.15, 0.2) is 167 Å². The van der Waals surface area contributed by atoms with Crippen molar-refractivity contribution >= 4 is 57.2 Å². The summed E-state index contributed by atoms with van der Waals surface area (Å²) < 4.78 is 2.10. The Kier molecular flexibility index (Phi) is 18.3. The van der Waals surface area contributed by atoms with E-state index >= 15 is 0 Å². The Bertz CT molecular complexity index is 3240. The monoisotopic (exact) mass is 1000 g/mol. The van der Waals surface area contributed by atoms with Crippen LogP contribution in [0.25, 0.3) is 15.3 Å². The second-order valence-corrected chi connectivity index (χ2v) is 19.6. The number of unbranched alkanes of at least 4 members (excludes halogenated alkanes) is 2. The molecular formula is C66H66N8O2. The largest absolute Gasteiger partial charge is 0.327 e. The van der Waals surface area contributed by atoms with E-state index in [0.717, 1.165) is 70.7 Å². The maximum atomic E-state index is 14.6. The molecule has 10 heteroatoms. The van der Waals surface area contributed by atoms with E-state index in [0.29, 0.717) is 70.7 Å². The number of allylic oxidation sites excluding steroid dienone is 6. The van der Waals surface area contributed by atoms with Crippen molar-refractivity contribution < 1.29 is 9.59 Å². The Labute approximate surface area is 450 Å². The minimum atomic E-state index is -0.315. The molecule has 0 heterocycles. The molecular weight excluding hydrogens is 937 g/mol. The topological polar surface area (TPSA) is 121 Å². The lowest BCUT2D eigenvalue weighted by molar-refractivity contribution is -0.124. The highest BCUT2D eigenvalue weighted by molar-refractivity contribution is 6.13. The average molecular weight is 1000 g/mol. The second kappa shape index (κ2) is 25.3. The molecule has 2 atom stereocenters. The number of anilines is 4. The lowest BCUT2D eigenvalue weighted by Gasteiger charge is -2.48. The van der Waals surface area contributed by atoms with Gasteiger partial charge >= 0.3 is 0 Å². The molecule has 5 aromatic carbocycles. The first-order chi connectivity index (χ1) is 36.8. The summed E-state index contributed by atoms with van der Waals surface area (Å²) in [6.07, 6.45) is 11.8. The van der Waals surface area contributed by atoms with E-state index in [-0.39, 0.29) is 46.5 Å². The lowest BCUT2D eigenvalue weighted by Crippen LogP contribution is -2.33. The van der Waals surface area contributed by atoms with E-state index in [1.54, 1.807) is 0 Å². The molecule has 2 amide bonds. The molecule has 7 rings (SSSR count). The molecule has 2 N–H and O–H groups in total. The first-order valence-electron chi connectivity index (χ1n) is 26.4. The number of benzene rings is 5. The van der Waals surface area contributed by atoms with E-state index in [1.165, 1.54) is 0 Å². The van der Waals surface area contributed by atoms with Crippen molar-refractivity contribution in [2.75, 3.05) is 10.2 Å². The molecule has 76 heavy (non-hydrogen) atoms. The third-order valence-corrected chi connectivity index (χ3v) is 14.2. The number of carbonyl (C=O) groups is 2. The van der Waals surface area contributed by atoms with Crippen molar-refractivity contribution in [3.05, 3.63) is 224 Å². The van der Waals surface area contributed by atoms with Gasteiger partial charge in [0.15, 0.2) is 0 Å². The molecule has 0 aromatic heterocycles. The van der Waals surface area contributed by atoms with Crippen molar-refractivity contribution in [3.63, 3.8) is 0 Å². The van der Waals surface area contributed by atoms with Gasteiger partial charge in [0.25, 0.3) is 0 Å². The third-order valence-electron chi connectivity index (χ3n) is 14.2. The molecule has 0 saturated heterocycles. The van der Waals surface area contributed by atoms with Crippen molar-refractivity contribution in [1.29, 1.82) is 10.5 Å². The summed E-state index contributed by atoms with van der Waals surface area (Å²) in [5.41, 5.74) is 11.7. The zero-order valence-corrected chi connectivity index (χ0v) is 45.0. The summed E-state index contributed by atoms with van der Waals surface area (Å²) in [6.45, 7) is 33.2. The van der Waals surface area contributed by atoms with E-state index in [4.69, 9.17) is 13.1 Å². The van der Waals surface area contributed by atoms with Gasteiger partial charge in [-0.25, -0.2) is 20.2 Å². The summed E-state index contributed by atoms with van der Waals surface area (Å²) in [4.78, 5) is 38.8. The van der Waals surface area contributed by atoms with Crippen LogP contribution in [0.4, 0.5) is 34.1 Å². The summed E-state index contributed by atoms with van der Waals surface area (Å²) >= 11 is 0. The normalized spacial score (nSPS) is 15.2. The van der Waals surface area contributed by atoms with Crippen LogP contribution in [0.3, 0.4) is 0 Å². The summed E-state index contributed by atoms with van der Waals surface area (Å²) in [6, 6.07) is 42.4. The van der Waals surface area contributed by atoms with Gasteiger partial charge < -0.3 is 15.5 Å². The molecule has 0 radical (unpaired) electrons. The number of amides is 2. The predicted octanol–water partition coefficient (Wildman–Crippen LogP) is 16.0. The molecule has 0 fully saturated rings. The smallest absolute Gasteiger partial charge is 0.235 e. The van der Waals surface area contributed by atoms with Crippen LogP contribution in [0.2, 0.25) is 0 Å². The number of aryl methyl sites for hydroxylation is 4. The number of nitrogens with one attached hydrogen (secondary N) is 2. The van der Waals surface area contributed by atoms with Crippen LogP contribution in [0.1, 0.15) is 107 Å². The molecule has 2 aliphatic rings. The van der Waals surface area contributed by atoms with Gasteiger partial charge in [0.05, 0.1) is 25.3 Å². The maximum absolute atomic E-state index is 14.6. The number of hydrogen-bond acceptors (Lipinski definition) is 5. The fraction of sp³-hybridized carbons (Fsp3) is 0.273. The number of carbonyl (C=O) groups excluding carboxylic acids is 2. The van der Waals surface area contributed by atoms with Crippen molar-refractivity contribution in [1.82, 2.24) is 9.89 Å². The zero-order chi connectivity index (χ0) is 54.5. The Hall–Kier alpha value is -8.96. The van der Waals surface area contributed by atoms with Gasteiger partial charge in [-0.2, -0.15) is 26.9 Å². The number of hydrogen-bond donors (Lipinski definition) is 2. The summed E-state index contributed by atoms with van der Waals surface area (Å²) in [7, 11) is 0. The molecule has 0 spiro atoms. The standard InChI is InChI=1S/C66H65N8O2/c1-11-15-17-47(13-3)65(75)71-57-39-53(73(49-27-19-43(5)20-28-49)50-29-21-44(6)22-30-50)35-37-55(57)61-63(59(41-67)69-9)62(64(61)60(42-68)70-10)56-38-36-54(40-58(56)72-66(76)48(14-4)18-16-12-2)74(51-31-23-45(7)24-32-51)52-33-25-46(8)26-34-52/h19-40,47-48H,11-18H2,1-8H3,(H,71,72,75,76)/q-1/p+1. The lowest BCUT2D eigenvalue weighted by atomic mass is 9.68. The van der Waals surface area contributed by atoms with Gasteiger partial charge in [0.2, 0.25) is 40.6 Å². The first kappa shape index (κ1) is 54.8. The summed E-state index contributed by atoms with van der Waals surface area (Å²) in [5.74, 6) is -1.01. The van der Waals surface area contributed by atoms with Crippen molar-refractivity contribution in [3.8, 4) is 12.1 Å². The molecule has 2 aliphatic carbocycles. The average Bonchev–Trinajstić information content (AvgIpc) is 3.51. The predicted molar refractivity (Wildman–Crippen MR) is 309 cm³/mol. The zero-order valence-electron chi connectivity index (χ0n) is 45.0. The number of nitrogens with zero attached hydrogens (tertiary/aromatic N) is 6. The van der Waals surface area contributed by atoms with Crippen LogP contribution in [0.5, 0.6) is 0 Å². The van der Waals surface area contributed by atoms with Crippen molar-refractivity contribution in [2.45, 2.75) is 107 Å². The Morgan fingerprint density at radius 2 is 1.14 bits per heavy atom. The van der Waals surface area contributed by atoms with E-state index < -0.39 is 0 Å². The van der Waals surface area contributed by atoms with Crippen molar-refractivity contribution in [2.24, 2.45) is 11.8 Å². The third kappa shape index (κ3) is 12.0. The maximum Gasteiger partial charge on any atom is 0.235 e. The minimum Gasteiger partial charge on any atom is -0.327 e. The van der Waals surface area contributed by atoms with Crippen LogP contribution in [0, 0.1) is 81.4 Å². The van der Waals surface area contributed by atoms with E-state index in [9.17, 15) is 20.1 Å². The highest BCUT2D eigenvalue weighted by Crippen LogP contribution is 2.56.